The molecule has 0 fully saturated rings. The number of Topliss-reactive ketones (excluding diaryl/α,β-unsaturated/α-hetero) is 2. The van der Waals surface area contributed by atoms with Gasteiger partial charge in [0, 0.05) is 10.9 Å². The van der Waals surface area contributed by atoms with E-state index in [1.165, 1.54) is 6.92 Å². The fourth-order valence-electron chi connectivity index (χ4n) is 1.02. The molecule has 82 valence electrons. The lowest BCUT2D eigenvalue weighted by molar-refractivity contribution is -0.125. The Kier molecular flexibility index (Phi) is 6.88. The highest BCUT2D eigenvalue weighted by atomic mass is 79.9. The first-order chi connectivity index (χ1) is 6.97. The van der Waals surface area contributed by atoms with Crippen molar-refractivity contribution in [1.29, 1.82) is 0 Å². The number of carbonyl (C=O) groups is 2. The van der Waals surface area contributed by atoms with E-state index in [0.717, 1.165) is 10.1 Å². The van der Waals surface area contributed by atoms with Gasteiger partial charge in [-0.3, -0.25) is 9.59 Å². The number of rotatable bonds is 6. The first kappa shape index (κ1) is 14.0. The van der Waals surface area contributed by atoms with E-state index in [-0.39, 0.29) is 18.0 Å². The number of allylic oxidation sites excluding steroid dienone is 5. The molecule has 0 N–H and O–H groups in total. The van der Waals surface area contributed by atoms with Crippen molar-refractivity contribution in [2.45, 2.75) is 26.7 Å². The molecule has 0 aliphatic heterocycles. The molecule has 0 radical (unpaired) electrons. The fraction of sp³-hybridized carbons (Fsp3) is 0.333. The van der Waals surface area contributed by atoms with Crippen LogP contribution in [0.5, 0.6) is 0 Å². The molecule has 0 aromatic heterocycles. The number of hydrogen-bond donors (Lipinski definition) is 0. The molecule has 15 heavy (non-hydrogen) atoms. The van der Waals surface area contributed by atoms with E-state index in [1.54, 1.807) is 12.2 Å². The second-order valence-electron chi connectivity index (χ2n) is 3.32. The average Bonchev–Trinajstić information content (AvgIpc) is 2.12. The van der Waals surface area contributed by atoms with Gasteiger partial charge in [0.1, 0.15) is 11.6 Å². The highest BCUT2D eigenvalue weighted by molar-refractivity contribution is 9.11. The maximum absolute atomic E-state index is 11.3. The zero-order valence-electron chi connectivity index (χ0n) is 9.05. The predicted molar refractivity (Wildman–Crippen MR) is 65.9 cm³/mol. The minimum atomic E-state index is -0.0921. The summed E-state index contributed by atoms with van der Waals surface area (Å²) >= 11 is 3.35. The largest absolute Gasteiger partial charge is 0.300 e. The third-order valence-corrected chi connectivity index (χ3v) is 2.64. The quantitative estimate of drug-likeness (QED) is 0.548. The molecular weight excluding hydrogens is 256 g/mol. The second-order valence-corrected chi connectivity index (χ2v) is 4.17. The molecule has 0 saturated heterocycles. The summed E-state index contributed by atoms with van der Waals surface area (Å²) in [5.41, 5.74) is 0.916. The number of hydrogen-bond acceptors (Lipinski definition) is 2. The van der Waals surface area contributed by atoms with E-state index in [9.17, 15) is 9.59 Å². The Balaban J connectivity index is 4.39. The molecule has 0 bridgehead atoms. The van der Waals surface area contributed by atoms with Crippen LogP contribution in [0.3, 0.4) is 0 Å². The molecule has 2 nitrogen and oxygen atoms in total. The first-order valence-electron chi connectivity index (χ1n) is 4.63. The van der Waals surface area contributed by atoms with E-state index < -0.39 is 0 Å². The summed E-state index contributed by atoms with van der Waals surface area (Å²) in [6, 6.07) is 0. The highest BCUT2D eigenvalue weighted by Gasteiger charge is 2.07. The fourth-order valence-corrected chi connectivity index (χ4v) is 1.31. The molecule has 0 heterocycles. The normalized spacial score (nSPS) is 12.5. The van der Waals surface area contributed by atoms with Gasteiger partial charge in [-0.1, -0.05) is 40.2 Å². The lowest BCUT2D eigenvalue weighted by atomic mass is 10.1. The van der Waals surface area contributed by atoms with Crippen LogP contribution in [0.4, 0.5) is 0 Å². The molecule has 3 heteroatoms. The van der Waals surface area contributed by atoms with Crippen molar-refractivity contribution in [2.75, 3.05) is 0 Å². The third kappa shape index (κ3) is 7.03. The molecule has 0 aliphatic carbocycles. The Morgan fingerprint density at radius 3 is 2.33 bits per heavy atom. The Morgan fingerprint density at radius 2 is 1.87 bits per heavy atom. The minimum Gasteiger partial charge on any atom is -0.300 e. The van der Waals surface area contributed by atoms with Crippen molar-refractivity contribution in [1.82, 2.24) is 0 Å². The van der Waals surface area contributed by atoms with Crippen LogP contribution in [0.2, 0.25) is 0 Å². The molecule has 0 saturated carbocycles. The summed E-state index contributed by atoms with van der Waals surface area (Å²) in [6.45, 7) is 6.83. The van der Waals surface area contributed by atoms with Crippen LogP contribution < -0.4 is 0 Å². The molecule has 0 aromatic rings. The van der Waals surface area contributed by atoms with Crippen LogP contribution in [0.25, 0.3) is 0 Å². The van der Waals surface area contributed by atoms with Crippen molar-refractivity contribution in [3.05, 3.63) is 34.9 Å². The van der Waals surface area contributed by atoms with Crippen molar-refractivity contribution < 1.29 is 9.59 Å². The van der Waals surface area contributed by atoms with Gasteiger partial charge >= 0.3 is 0 Å². The Hall–Kier alpha value is -0.960. The van der Waals surface area contributed by atoms with Gasteiger partial charge in [-0.05, 0) is 19.9 Å². The Morgan fingerprint density at radius 1 is 1.27 bits per heavy atom. The van der Waals surface area contributed by atoms with Gasteiger partial charge in [-0.2, -0.15) is 0 Å². The molecule has 0 aromatic carbocycles. The zero-order valence-corrected chi connectivity index (χ0v) is 10.6. The number of ketones is 2. The molecule has 0 unspecified atom stereocenters. The van der Waals surface area contributed by atoms with E-state index in [1.807, 2.05) is 13.0 Å². The van der Waals surface area contributed by atoms with Crippen molar-refractivity contribution in [3.8, 4) is 0 Å². The SMILES string of the molecule is C=C/C=C\C(Br)=C(/C)CC(=O)CC(C)=O. The van der Waals surface area contributed by atoms with Gasteiger partial charge in [0.15, 0.2) is 0 Å². The summed E-state index contributed by atoms with van der Waals surface area (Å²) in [7, 11) is 0. The first-order valence-corrected chi connectivity index (χ1v) is 5.42. The van der Waals surface area contributed by atoms with E-state index in [0.29, 0.717) is 6.42 Å². The molecule has 0 spiro atoms. The zero-order chi connectivity index (χ0) is 11.8. The van der Waals surface area contributed by atoms with E-state index in [4.69, 9.17) is 0 Å². The lowest BCUT2D eigenvalue weighted by Crippen LogP contribution is -2.04. The maximum atomic E-state index is 11.3. The summed E-state index contributed by atoms with van der Waals surface area (Å²) < 4.78 is 0.860. The molecule has 0 amide bonds. The van der Waals surface area contributed by atoms with Gasteiger partial charge in [-0.25, -0.2) is 0 Å². The molecule has 0 atom stereocenters. The van der Waals surface area contributed by atoms with Crippen LogP contribution in [-0.2, 0) is 9.59 Å². The smallest absolute Gasteiger partial charge is 0.144 e. The van der Waals surface area contributed by atoms with Gasteiger partial charge in [0.25, 0.3) is 0 Å². The van der Waals surface area contributed by atoms with Gasteiger partial charge < -0.3 is 0 Å². The van der Waals surface area contributed by atoms with Crippen LogP contribution in [-0.4, -0.2) is 11.6 Å². The second kappa shape index (κ2) is 7.35. The standard InChI is InChI=1S/C12H15BrO2/c1-4-5-6-12(13)9(2)7-11(15)8-10(3)14/h4-6H,1,7-8H2,2-3H3/b6-5-,12-9-. The Labute approximate surface area is 98.9 Å². The van der Waals surface area contributed by atoms with Gasteiger partial charge in [0.05, 0.1) is 6.42 Å². The topological polar surface area (TPSA) is 34.1 Å². The minimum absolute atomic E-state index is 0.0167. The predicted octanol–water partition coefficient (Wildman–Crippen LogP) is 3.34. The van der Waals surface area contributed by atoms with Crippen LogP contribution in [0.1, 0.15) is 26.7 Å². The van der Waals surface area contributed by atoms with Crippen molar-refractivity contribution in [3.63, 3.8) is 0 Å². The number of halogens is 1. The van der Waals surface area contributed by atoms with Crippen LogP contribution in [0, 0.1) is 0 Å². The lowest BCUT2D eigenvalue weighted by Gasteiger charge is -2.01. The maximum Gasteiger partial charge on any atom is 0.144 e. The van der Waals surface area contributed by atoms with E-state index in [2.05, 4.69) is 22.5 Å². The third-order valence-electron chi connectivity index (χ3n) is 1.69. The van der Waals surface area contributed by atoms with Crippen molar-refractivity contribution >= 4 is 27.5 Å². The Bertz CT molecular complexity index is 325. The summed E-state index contributed by atoms with van der Waals surface area (Å²) in [5, 5.41) is 0. The monoisotopic (exact) mass is 270 g/mol. The number of carbonyl (C=O) groups excluding carboxylic acids is 2. The summed E-state index contributed by atoms with van der Waals surface area (Å²) in [4.78, 5) is 22.0. The van der Waals surface area contributed by atoms with Gasteiger partial charge in [0.2, 0.25) is 0 Å². The van der Waals surface area contributed by atoms with Gasteiger partial charge in [-0.15, -0.1) is 0 Å². The van der Waals surface area contributed by atoms with Crippen molar-refractivity contribution in [2.24, 2.45) is 0 Å². The van der Waals surface area contributed by atoms with Crippen LogP contribution in [0.15, 0.2) is 34.9 Å². The highest BCUT2D eigenvalue weighted by Crippen LogP contribution is 2.17. The average molecular weight is 271 g/mol. The van der Waals surface area contributed by atoms with Crippen LogP contribution >= 0.6 is 15.9 Å². The molecule has 0 aliphatic rings. The molecular formula is C12H15BrO2. The summed E-state index contributed by atoms with van der Waals surface area (Å²) in [6.07, 6.45) is 5.59. The summed E-state index contributed by atoms with van der Waals surface area (Å²) in [5.74, 6) is -0.144. The van der Waals surface area contributed by atoms with E-state index >= 15 is 0 Å². The molecule has 0 rings (SSSR count).